The molecule has 1 aromatic rings. The fraction of sp³-hybridized carbons (Fsp3) is 0.625. The molecule has 106 valence electrons. The predicted molar refractivity (Wildman–Crippen MR) is 81.4 cm³/mol. The number of nitrogens with one attached hydrogen (secondary N) is 2. The van der Waals surface area contributed by atoms with Gasteiger partial charge in [0, 0.05) is 38.8 Å². The third-order valence-electron chi connectivity index (χ3n) is 3.92. The molecule has 1 fully saturated rings. The monoisotopic (exact) mass is 261 g/mol. The van der Waals surface area contributed by atoms with Gasteiger partial charge in [-0.25, -0.2) is 0 Å². The van der Waals surface area contributed by atoms with Crippen molar-refractivity contribution in [3.05, 3.63) is 35.4 Å². The standard InChI is InChI=1S/C16H27N3/c1-3-4-14-5-7-15(8-6-14)11-18-13-16-12-17-9-10-19(16)2/h5-8,16-18H,3-4,9-13H2,1-2H3. The number of benzene rings is 1. The van der Waals surface area contributed by atoms with Crippen molar-refractivity contribution in [2.45, 2.75) is 32.4 Å². The normalized spacial score (nSPS) is 20.6. The molecule has 0 aliphatic carbocycles. The second-order valence-corrected chi connectivity index (χ2v) is 5.54. The molecule has 1 aromatic carbocycles. The summed E-state index contributed by atoms with van der Waals surface area (Å²) in [5.74, 6) is 0. The summed E-state index contributed by atoms with van der Waals surface area (Å²) < 4.78 is 0. The zero-order valence-corrected chi connectivity index (χ0v) is 12.3. The minimum Gasteiger partial charge on any atom is -0.314 e. The lowest BCUT2D eigenvalue weighted by atomic mass is 10.1. The van der Waals surface area contributed by atoms with E-state index in [1.54, 1.807) is 0 Å². The lowest BCUT2D eigenvalue weighted by molar-refractivity contribution is 0.195. The van der Waals surface area contributed by atoms with E-state index >= 15 is 0 Å². The highest BCUT2D eigenvalue weighted by Crippen LogP contribution is 2.07. The highest BCUT2D eigenvalue weighted by molar-refractivity contribution is 5.22. The van der Waals surface area contributed by atoms with Crippen LogP contribution >= 0.6 is 0 Å². The van der Waals surface area contributed by atoms with Gasteiger partial charge in [0.05, 0.1) is 0 Å². The van der Waals surface area contributed by atoms with E-state index in [0.29, 0.717) is 6.04 Å². The number of piperazine rings is 1. The molecule has 1 saturated heterocycles. The molecule has 1 aliphatic heterocycles. The van der Waals surface area contributed by atoms with Crippen LogP contribution in [0.1, 0.15) is 24.5 Å². The van der Waals surface area contributed by atoms with Crippen LogP contribution in [0.5, 0.6) is 0 Å². The van der Waals surface area contributed by atoms with Gasteiger partial charge in [0.2, 0.25) is 0 Å². The maximum absolute atomic E-state index is 3.57. The van der Waals surface area contributed by atoms with Crippen molar-refractivity contribution < 1.29 is 0 Å². The summed E-state index contributed by atoms with van der Waals surface area (Å²) >= 11 is 0. The third kappa shape index (κ3) is 4.60. The van der Waals surface area contributed by atoms with E-state index in [2.05, 4.69) is 53.8 Å². The molecule has 1 heterocycles. The molecule has 2 rings (SSSR count). The molecule has 0 radical (unpaired) electrons. The van der Waals surface area contributed by atoms with Gasteiger partial charge in [0.15, 0.2) is 0 Å². The maximum Gasteiger partial charge on any atom is 0.0342 e. The molecular formula is C16H27N3. The number of aryl methyl sites for hydroxylation is 1. The molecule has 0 saturated carbocycles. The molecule has 1 unspecified atom stereocenters. The first-order chi connectivity index (χ1) is 9.29. The van der Waals surface area contributed by atoms with Crippen molar-refractivity contribution in [3.63, 3.8) is 0 Å². The SMILES string of the molecule is CCCc1ccc(CNCC2CNCCN2C)cc1. The van der Waals surface area contributed by atoms with Crippen molar-refractivity contribution >= 4 is 0 Å². The van der Waals surface area contributed by atoms with E-state index in [1.807, 2.05) is 0 Å². The molecule has 1 aliphatic rings. The number of hydrogen-bond donors (Lipinski definition) is 2. The van der Waals surface area contributed by atoms with Gasteiger partial charge in [-0.1, -0.05) is 37.6 Å². The fourth-order valence-electron chi connectivity index (χ4n) is 2.59. The Bertz CT molecular complexity index is 361. The quantitative estimate of drug-likeness (QED) is 0.815. The summed E-state index contributed by atoms with van der Waals surface area (Å²) in [4.78, 5) is 2.44. The largest absolute Gasteiger partial charge is 0.314 e. The summed E-state index contributed by atoms with van der Waals surface area (Å²) in [6.45, 7) is 7.62. The zero-order valence-electron chi connectivity index (χ0n) is 12.3. The molecule has 0 amide bonds. The Morgan fingerprint density at radius 1 is 1.26 bits per heavy atom. The smallest absolute Gasteiger partial charge is 0.0342 e. The Balaban J connectivity index is 1.72. The summed E-state index contributed by atoms with van der Waals surface area (Å²) in [6.07, 6.45) is 2.41. The van der Waals surface area contributed by atoms with Gasteiger partial charge in [-0.2, -0.15) is 0 Å². The lowest BCUT2D eigenvalue weighted by Gasteiger charge is -2.33. The van der Waals surface area contributed by atoms with Gasteiger partial charge >= 0.3 is 0 Å². The second-order valence-electron chi connectivity index (χ2n) is 5.54. The van der Waals surface area contributed by atoms with Gasteiger partial charge in [-0.05, 0) is 24.6 Å². The minimum atomic E-state index is 0.619. The van der Waals surface area contributed by atoms with E-state index in [9.17, 15) is 0 Å². The first-order valence-electron chi connectivity index (χ1n) is 7.49. The average Bonchev–Trinajstić information content (AvgIpc) is 2.43. The summed E-state index contributed by atoms with van der Waals surface area (Å²) in [7, 11) is 2.22. The van der Waals surface area contributed by atoms with E-state index in [0.717, 1.165) is 32.7 Å². The second kappa shape index (κ2) is 7.63. The molecule has 3 heteroatoms. The van der Waals surface area contributed by atoms with Crippen LogP contribution in [0.2, 0.25) is 0 Å². The van der Waals surface area contributed by atoms with Crippen molar-refractivity contribution in [1.82, 2.24) is 15.5 Å². The van der Waals surface area contributed by atoms with Crippen LogP contribution in [0, 0.1) is 0 Å². The van der Waals surface area contributed by atoms with Crippen LogP contribution in [0.25, 0.3) is 0 Å². The predicted octanol–water partition coefficient (Wildman–Crippen LogP) is 1.63. The van der Waals surface area contributed by atoms with Gasteiger partial charge in [0.25, 0.3) is 0 Å². The zero-order chi connectivity index (χ0) is 13.5. The molecule has 3 nitrogen and oxygen atoms in total. The lowest BCUT2D eigenvalue weighted by Crippen LogP contribution is -2.53. The van der Waals surface area contributed by atoms with Crippen LogP contribution in [0.15, 0.2) is 24.3 Å². The van der Waals surface area contributed by atoms with E-state index in [1.165, 1.54) is 24.0 Å². The van der Waals surface area contributed by atoms with Crippen LogP contribution in [-0.4, -0.2) is 44.2 Å². The molecule has 0 spiro atoms. The Labute approximate surface area is 117 Å². The van der Waals surface area contributed by atoms with Crippen LogP contribution in [0.3, 0.4) is 0 Å². The summed E-state index contributed by atoms with van der Waals surface area (Å²) in [5.41, 5.74) is 2.83. The Morgan fingerprint density at radius 2 is 2.00 bits per heavy atom. The van der Waals surface area contributed by atoms with Crippen LogP contribution in [-0.2, 0) is 13.0 Å². The van der Waals surface area contributed by atoms with Crippen molar-refractivity contribution in [1.29, 1.82) is 0 Å². The maximum atomic E-state index is 3.57. The van der Waals surface area contributed by atoms with Gasteiger partial charge in [-0.3, -0.25) is 4.90 Å². The highest BCUT2D eigenvalue weighted by Gasteiger charge is 2.17. The van der Waals surface area contributed by atoms with Crippen molar-refractivity contribution in [2.24, 2.45) is 0 Å². The Hall–Kier alpha value is -0.900. The molecule has 19 heavy (non-hydrogen) atoms. The first-order valence-corrected chi connectivity index (χ1v) is 7.49. The highest BCUT2D eigenvalue weighted by atomic mass is 15.2. The number of likely N-dealkylation sites (N-methyl/N-ethyl adjacent to an activating group) is 1. The van der Waals surface area contributed by atoms with Gasteiger partial charge in [-0.15, -0.1) is 0 Å². The molecular weight excluding hydrogens is 234 g/mol. The van der Waals surface area contributed by atoms with E-state index in [4.69, 9.17) is 0 Å². The third-order valence-corrected chi connectivity index (χ3v) is 3.92. The number of nitrogens with zero attached hydrogens (tertiary/aromatic N) is 1. The summed E-state index contributed by atoms with van der Waals surface area (Å²) in [5, 5.41) is 7.03. The molecule has 2 N–H and O–H groups in total. The topological polar surface area (TPSA) is 27.3 Å². The number of hydrogen-bond acceptors (Lipinski definition) is 3. The van der Waals surface area contributed by atoms with Crippen molar-refractivity contribution in [3.8, 4) is 0 Å². The Morgan fingerprint density at radius 3 is 2.68 bits per heavy atom. The van der Waals surface area contributed by atoms with Crippen molar-refractivity contribution in [2.75, 3.05) is 33.2 Å². The fourth-order valence-corrected chi connectivity index (χ4v) is 2.59. The van der Waals surface area contributed by atoms with E-state index in [-0.39, 0.29) is 0 Å². The first kappa shape index (κ1) is 14.5. The Kier molecular flexibility index (Phi) is 5.83. The van der Waals surface area contributed by atoms with Gasteiger partial charge < -0.3 is 10.6 Å². The average molecular weight is 261 g/mol. The van der Waals surface area contributed by atoms with Crippen LogP contribution in [0.4, 0.5) is 0 Å². The molecule has 1 atom stereocenters. The summed E-state index contributed by atoms with van der Waals surface area (Å²) in [6, 6.07) is 9.64. The number of rotatable bonds is 6. The minimum absolute atomic E-state index is 0.619. The van der Waals surface area contributed by atoms with Gasteiger partial charge in [0.1, 0.15) is 0 Å². The molecule has 0 aromatic heterocycles. The molecule has 0 bridgehead atoms. The van der Waals surface area contributed by atoms with Crippen LogP contribution < -0.4 is 10.6 Å². The van der Waals surface area contributed by atoms with E-state index < -0.39 is 0 Å².